The van der Waals surface area contributed by atoms with Crippen LogP contribution < -0.4 is 0 Å². The number of amides is 1. The molecule has 21 heavy (non-hydrogen) atoms. The zero-order valence-electron chi connectivity index (χ0n) is 12.4. The molecule has 0 bridgehead atoms. The summed E-state index contributed by atoms with van der Waals surface area (Å²) < 4.78 is 48.0. The Morgan fingerprint density at radius 1 is 1.33 bits per heavy atom. The van der Waals surface area contributed by atoms with E-state index < -0.39 is 36.2 Å². The minimum absolute atomic E-state index is 0.154. The zero-order chi connectivity index (χ0) is 16.4. The molecule has 0 radical (unpaired) electrons. The van der Waals surface area contributed by atoms with Crippen LogP contribution in [0.1, 0.15) is 33.6 Å². The summed E-state index contributed by atoms with van der Waals surface area (Å²) in [7, 11) is 1.11. The highest BCUT2D eigenvalue weighted by molar-refractivity contribution is 6.66. The normalized spacial score (nSPS) is 19.9. The van der Waals surface area contributed by atoms with E-state index in [4.69, 9.17) is 4.74 Å². The first-order valence-corrected chi connectivity index (χ1v) is 6.45. The lowest BCUT2D eigenvalue weighted by Crippen LogP contribution is -2.47. The number of methoxy groups -OCH3 is 1. The van der Waals surface area contributed by atoms with E-state index in [1.807, 2.05) is 0 Å². The van der Waals surface area contributed by atoms with E-state index >= 15 is 0 Å². The maximum atomic E-state index is 12.8. The van der Waals surface area contributed by atoms with Gasteiger partial charge in [0.05, 0.1) is 7.11 Å². The van der Waals surface area contributed by atoms with Crippen molar-refractivity contribution in [3.8, 4) is 0 Å². The number of rotatable bonds is 2. The van der Waals surface area contributed by atoms with Crippen molar-refractivity contribution in [2.45, 2.75) is 45.3 Å². The van der Waals surface area contributed by atoms with Crippen LogP contribution >= 0.6 is 0 Å². The molecule has 5 nitrogen and oxygen atoms in total. The number of carbonyl (C=O) groups excluding carboxylic acids is 2. The van der Waals surface area contributed by atoms with Crippen LogP contribution in [0.3, 0.4) is 0 Å². The molecule has 0 saturated heterocycles. The highest BCUT2D eigenvalue weighted by atomic mass is 19.4. The van der Waals surface area contributed by atoms with Gasteiger partial charge in [0.15, 0.2) is 0 Å². The molecule has 0 fully saturated rings. The van der Waals surface area contributed by atoms with Crippen molar-refractivity contribution in [1.29, 1.82) is 0 Å². The molecule has 0 aromatic carbocycles. The Morgan fingerprint density at radius 3 is 2.33 bits per heavy atom. The highest BCUT2D eigenvalue weighted by Gasteiger charge is 2.39. The zero-order valence-corrected chi connectivity index (χ0v) is 12.4. The molecule has 1 unspecified atom stereocenters. The lowest BCUT2D eigenvalue weighted by Gasteiger charge is -2.36. The third kappa shape index (κ3) is 4.68. The molecule has 1 rings (SSSR count). The van der Waals surface area contributed by atoms with Crippen LogP contribution in [-0.2, 0) is 14.3 Å². The van der Waals surface area contributed by atoms with Crippen molar-refractivity contribution in [2.75, 3.05) is 7.11 Å². The van der Waals surface area contributed by atoms with E-state index in [2.05, 4.69) is 4.74 Å². The molecule has 0 aliphatic carbocycles. The van der Waals surface area contributed by atoms with Crippen molar-refractivity contribution in [2.24, 2.45) is 0 Å². The summed E-state index contributed by atoms with van der Waals surface area (Å²) in [5.74, 6) is -0.772. The lowest BCUT2D eigenvalue weighted by atomic mass is 9.75. The third-order valence-electron chi connectivity index (χ3n) is 2.85. The Hall–Kier alpha value is -1.67. The van der Waals surface area contributed by atoms with Crippen LogP contribution in [0.2, 0.25) is 0 Å². The number of esters is 1. The first kappa shape index (κ1) is 17.4. The molecule has 1 aliphatic heterocycles. The van der Waals surface area contributed by atoms with E-state index in [1.54, 1.807) is 20.8 Å². The number of halogens is 3. The van der Waals surface area contributed by atoms with Crippen molar-refractivity contribution in [1.82, 2.24) is 4.90 Å². The predicted molar refractivity (Wildman–Crippen MR) is 70.3 cm³/mol. The number of ether oxygens (including phenoxy) is 2. The number of allylic oxidation sites excluding steroid dienone is 1. The van der Waals surface area contributed by atoms with Gasteiger partial charge in [0.2, 0.25) is 0 Å². The summed E-state index contributed by atoms with van der Waals surface area (Å²) in [6, 6.07) is -1.10. The van der Waals surface area contributed by atoms with Gasteiger partial charge in [-0.3, -0.25) is 4.90 Å². The molecular weight excluding hydrogens is 290 g/mol. The average Bonchev–Trinajstić information content (AvgIpc) is 2.34. The van der Waals surface area contributed by atoms with Gasteiger partial charge in [0, 0.05) is 0 Å². The van der Waals surface area contributed by atoms with E-state index in [0.29, 0.717) is 11.1 Å². The Labute approximate surface area is 121 Å². The SMILES string of the molecule is COC(=O)C1CCC([B-](F)(F)F)=CN1C(=O)OC(C)(C)C. The summed E-state index contributed by atoms with van der Waals surface area (Å²) in [6.45, 7) is -0.462. The molecule has 9 heteroatoms. The maximum absolute atomic E-state index is 12.8. The van der Waals surface area contributed by atoms with E-state index in [1.165, 1.54) is 0 Å². The second-order valence-corrected chi connectivity index (χ2v) is 5.74. The van der Waals surface area contributed by atoms with Crippen molar-refractivity contribution < 1.29 is 32.0 Å². The second kappa shape index (κ2) is 5.99. The van der Waals surface area contributed by atoms with Crippen LogP contribution in [0, 0.1) is 0 Å². The Bertz CT molecular complexity index is 456. The summed E-state index contributed by atoms with van der Waals surface area (Å²) in [4.78, 5) is 24.3. The van der Waals surface area contributed by atoms with Gasteiger partial charge in [0.1, 0.15) is 11.6 Å². The summed E-state index contributed by atoms with van der Waals surface area (Å²) in [5, 5.41) is 0. The Balaban J connectivity index is 3.09. The van der Waals surface area contributed by atoms with Gasteiger partial charge < -0.3 is 22.4 Å². The summed E-state index contributed by atoms with van der Waals surface area (Å²) in [6.07, 6.45) is -0.837. The van der Waals surface area contributed by atoms with E-state index in [-0.39, 0.29) is 12.8 Å². The van der Waals surface area contributed by atoms with Crippen LogP contribution in [0.5, 0.6) is 0 Å². The van der Waals surface area contributed by atoms with Gasteiger partial charge in [-0.2, -0.15) is 0 Å². The Kier molecular flexibility index (Phi) is 4.96. The van der Waals surface area contributed by atoms with Gasteiger partial charge in [-0.05, 0) is 33.4 Å². The van der Waals surface area contributed by atoms with Crippen molar-refractivity contribution in [3.05, 3.63) is 11.7 Å². The fourth-order valence-corrected chi connectivity index (χ4v) is 1.89. The maximum Gasteiger partial charge on any atom is 0.507 e. The largest absolute Gasteiger partial charge is 0.507 e. The van der Waals surface area contributed by atoms with Gasteiger partial charge >= 0.3 is 19.0 Å². The van der Waals surface area contributed by atoms with Gasteiger partial charge in [0.25, 0.3) is 0 Å². The van der Waals surface area contributed by atoms with E-state index in [9.17, 15) is 22.5 Å². The van der Waals surface area contributed by atoms with Crippen LogP contribution in [-0.4, -0.2) is 42.7 Å². The molecule has 0 aromatic rings. The van der Waals surface area contributed by atoms with Crippen LogP contribution in [0.4, 0.5) is 17.7 Å². The van der Waals surface area contributed by atoms with Crippen molar-refractivity contribution in [3.63, 3.8) is 0 Å². The van der Waals surface area contributed by atoms with Gasteiger partial charge in [-0.1, -0.05) is 6.42 Å². The van der Waals surface area contributed by atoms with Gasteiger partial charge in [-0.25, -0.2) is 9.59 Å². The number of nitrogens with zero attached hydrogens (tertiary/aromatic N) is 1. The molecule has 1 heterocycles. The molecule has 1 atom stereocenters. The average molecular weight is 308 g/mol. The third-order valence-corrected chi connectivity index (χ3v) is 2.85. The number of hydrogen-bond acceptors (Lipinski definition) is 4. The molecule has 0 N–H and O–H groups in total. The number of carbonyl (C=O) groups is 2. The molecule has 0 saturated carbocycles. The second-order valence-electron chi connectivity index (χ2n) is 5.74. The van der Waals surface area contributed by atoms with Crippen molar-refractivity contribution >= 4 is 19.0 Å². The molecule has 0 spiro atoms. The fourth-order valence-electron chi connectivity index (χ4n) is 1.89. The number of hydrogen-bond donors (Lipinski definition) is 0. The van der Waals surface area contributed by atoms with Gasteiger partial charge in [-0.15, -0.1) is 5.47 Å². The molecule has 1 amide bonds. The van der Waals surface area contributed by atoms with Crippen LogP contribution in [0.25, 0.3) is 0 Å². The summed E-state index contributed by atoms with van der Waals surface area (Å²) in [5.41, 5.74) is -1.70. The predicted octanol–water partition coefficient (Wildman–Crippen LogP) is 2.83. The smallest absolute Gasteiger partial charge is 0.467 e. The van der Waals surface area contributed by atoms with E-state index in [0.717, 1.165) is 7.11 Å². The lowest BCUT2D eigenvalue weighted by molar-refractivity contribution is -0.146. The summed E-state index contributed by atoms with van der Waals surface area (Å²) >= 11 is 0. The topological polar surface area (TPSA) is 55.8 Å². The Morgan fingerprint density at radius 2 is 1.90 bits per heavy atom. The fraction of sp³-hybridized carbons (Fsp3) is 0.667. The molecule has 0 aromatic heterocycles. The highest BCUT2D eigenvalue weighted by Crippen LogP contribution is 2.31. The first-order valence-electron chi connectivity index (χ1n) is 6.45. The first-order chi connectivity index (χ1) is 9.45. The molecule has 120 valence electrons. The van der Waals surface area contributed by atoms with Crippen LogP contribution in [0.15, 0.2) is 11.7 Å². The monoisotopic (exact) mass is 308 g/mol. The molecular formula is C12H18BF3NO4-. The minimum Gasteiger partial charge on any atom is -0.467 e. The minimum atomic E-state index is -5.21. The standard InChI is InChI=1S/C12H18BF3NO4/c1-12(2,3)21-11(19)17-7-8(13(14,15)16)5-6-9(17)10(18)20-4/h7,9H,5-6H2,1-4H3/q-1. The quantitative estimate of drug-likeness (QED) is 0.581. The molecule has 1 aliphatic rings.